The van der Waals surface area contributed by atoms with Crippen LogP contribution >= 0.6 is 0 Å². The maximum atomic E-state index is 12.3. The van der Waals surface area contributed by atoms with Gasteiger partial charge in [0.25, 0.3) is 5.91 Å². The summed E-state index contributed by atoms with van der Waals surface area (Å²) < 4.78 is 32.3. The zero-order valence-corrected chi connectivity index (χ0v) is 14.8. The lowest BCUT2D eigenvalue weighted by atomic mass is 10.1. The number of fused-ring (bicyclic) bond motifs is 1. The maximum Gasteiger partial charge on any atom is 0.265 e. The van der Waals surface area contributed by atoms with Crippen LogP contribution in [0.2, 0.25) is 0 Å². The third-order valence-electron chi connectivity index (χ3n) is 3.76. The molecule has 0 aliphatic carbocycles. The summed E-state index contributed by atoms with van der Waals surface area (Å²) >= 11 is 0. The number of ether oxygens (including phenoxy) is 1. The average Bonchev–Trinajstić information content (AvgIpc) is 2.98. The van der Waals surface area contributed by atoms with Gasteiger partial charge in [0.1, 0.15) is 5.75 Å². The van der Waals surface area contributed by atoms with Gasteiger partial charge < -0.3 is 10.1 Å². The van der Waals surface area contributed by atoms with E-state index in [-0.39, 0.29) is 16.8 Å². The maximum absolute atomic E-state index is 12.3. The Morgan fingerprint density at radius 1 is 1.12 bits per heavy atom. The largest absolute Gasteiger partial charge is 0.480 e. The van der Waals surface area contributed by atoms with Gasteiger partial charge in [-0.2, -0.15) is 0 Å². The van der Waals surface area contributed by atoms with E-state index in [2.05, 4.69) is 10.0 Å². The highest BCUT2D eigenvalue weighted by atomic mass is 32.2. The van der Waals surface area contributed by atoms with Crippen molar-refractivity contribution >= 4 is 21.6 Å². The molecule has 1 unspecified atom stereocenters. The van der Waals surface area contributed by atoms with E-state index < -0.39 is 16.1 Å². The van der Waals surface area contributed by atoms with Crippen molar-refractivity contribution in [2.24, 2.45) is 0 Å². The summed E-state index contributed by atoms with van der Waals surface area (Å²) in [5, 5.41) is 2.76. The summed E-state index contributed by atoms with van der Waals surface area (Å²) in [7, 11) is -3.54. The Morgan fingerprint density at radius 3 is 2.44 bits per heavy atom. The van der Waals surface area contributed by atoms with E-state index in [1.807, 2.05) is 24.3 Å². The number of hydrogen-bond donors (Lipinski definition) is 2. The van der Waals surface area contributed by atoms with E-state index >= 15 is 0 Å². The summed E-state index contributed by atoms with van der Waals surface area (Å²) in [6, 6.07) is 13.4. The number of anilines is 1. The lowest BCUT2D eigenvalue weighted by Gasteiger charge is -2.13. The zero-order chi connectivity index (χ0) is 18.0. The Labute approximate surface area is 147 Å². The van der Waals surface area contributed by atoms with Gasteiger partial charge in [0.2, 0.25) is 10.0 Å². The van der Waals surface area contributed by atoms with Gasteiger partial charge in [-0.15, -0.1) is 0 Å². The van der Waals surface area contributed by atoms with Gasteiger partial charge in [-0.3, -0.25) is 4.79 Å². The van der Waals surface area contributed by atoms with E-state index in [1.165, 1.54) is 12.1 Å². The van der Waals surface area contributed by atoms with Crippen molar-refractivity contribution in [3.8, 4) is 5.75 Å². The number of para-hydroxylation sites is 1. The fraction of sp³-hybridized carbons (Fsp3) is 0.278. The Kier molecular flexibility index (Phi) is 4.78. The summed E-state index contributed by atoms with van der Waals surface area (Å²) in [5.41, 5.74) is 1.52. The van der Waals surface area contributed by atoms with Crippen LogP contribution < -0.4 is 14.8 Å². The Balaban J connectivity index is 1.65. The Bertz CT molecular complexity index is 851. The molecule has 0 saturated carbocycles. The van der Waals surface area contributed by atoms with Gasteiger partial charge in [-0.05, 0) is 49.7 Å². The van der Waals surface area contributed by atoms with E-state index in [4.69, 9.17) is 4.74 Å². The third kappa shape index (κ3) is 4.00. The van der Waals surface area contributed by atoms with Gasteiger partial charge in [0.05, 0.1) is 4.90 Å². The highest BCUT2D eigenvalue weighted by molar-refractivity contribution is 7.89. The molecule has 0 radical (unpaired) electrons. The second-order valence-corrected chi connectivity index (χ2v) is 7.92. The molecule has 1 amide bonds. The number of nitrogens with one attached hydrogen (secondary N) is 2. The number of benzene rings is 2. The number of rotatable bonds is 5. The molecule has 1 aliphatic rings. The first kappa shape index (κ1) is 17.4. The minimum Gasteiger partial charge on any atom is -0.480 e. The molecule has 2 aromatic carbocycles. The molecule has 0 bridgehead atoms. The quantitative estimate of drug-likeness (QED) is 0.857. The molecule has 6 nitrogen and oxygen atoms in total. The number of carbonyl (C=O) groups is 1. The van der Waals surface area contributed by atoms with Crippen molar-refractivity contribution < 1.29 is 17.9 Å². The fourth-order valence-corrected chi connectivity index (χ4v) is 3.90. The third-order valence-corrected chi connectivity index (χ3v) is 5.44. The number of hydrogen-bond acceptors (Lipinski definition) is 4. The van der Waals surface area contributed by atoms with Crippen LogP contribution in [0.25, 0.3) is 0 Å². The average molecular weight is 360 g/mol. The molecule has 3 rings (SSSR count). The molecule has 1 atom stereocenters. The molecule has 1 aliphatic heterocycles. The number of carbonyl (C=O) groups excluding carboxylic acids is 1. The summed E-state index contributed by atoms with van der Waals surface area (Å²) in [4.78, 5) is 12.5. The predicted molar refractivity (Wildman–Crippen MR) is 95.1 cm³/mol. The van der Waals surface area contributed by atoms with Gasteiger partial charge in [-0.1, -0.05) is 18.2 Å². The summed E-state index contributed by atoms with van der Waals surface area (Å²) in [6.07, 6.45) is -0.0596. The van der Waals surface area contributed by atoms with Crippen molar-refractivity contribution in [3.63, 3.8) is 0 Å². The van der Waals surface area contributed by atoms with Crippen LogP contribution in [0.3, 0.4) is 0 Å². The van der Waals surface area contributed by atoms with Crippen molar-refractivity contribution in [2.45, 2.75) is 37.3 Å². The van der Waals surface area contributed by atoms with Crippen molar-refractivity contribution in [3.05, 3.63) is 54.1 Å². The molecule has 2 aromatic rings. The topological polar surface area (TPSA) is 84.5 Å². The van der Waals surface area contributed by atoms with Crippen LogP contribution in [-0.2, 0) is 21.2 Å². The van der Waals surface area contributed by atoms with E-state index in [0.717, 1.165) is 11.3 Å². The van der Waals surface area contributed by atoms with Crippen molar-refractivity contribution in [1.29, 1.82) is 0 Å². The fourth-order valence-electron chi connectivity index (χ4n) is 2.65. The molecular formula is C18H20N2O4S. The second kappa shape index (κ2) is 6.85. The summed E-state index contributed by atoms with van der Waals surface area (Å²) in [6.45, 7) is 3.51. The van der Waals surface area contributed by atoms with Crippen LogP contribution in [-0.4, -0.2) is 26.5 Å². The molecule has 2 N–H and O–H groups in total. The van der Waals surface area contributed by atoms with Gasteiger partial charge in [-0.25, -0.2) is 13.1 Å². The Morgan fingerprint density at radius 2 is 1.80 bits per heavy atom. The lowest BCUT2D eigenvalue weighted by molar-refractivity contribution is -0.122. The van der Waals surface area contributed by atoms with E-state index in [1.54, 1.807) is 26.0 Å². The minimum absolute atomic E-state index is 0.156. The van der Waals surface area contributed by atoms with Crippen molar-refractivity contribution in [2.75, 3.05) is 5.32 Å². The molecule has 0 saturated heterocycles. The SMILES string of the molecule is CC(C)NS(=O)(=O)c1ccc(NC(=O)C2Cc3ccccc3O2)cc1. The standard InChI is InChI=1S/C18H20N2O4S/c1-12(2)20-25(22,23)15-9-7-14(8-10-15)19-18(21)17-11-13-5-3-4-6-16(13)24-17/h3-10,12,17,20H,11H2,1-2H3,(H,19,21). The predicted octanol–water partition coefficient (Wildman–Crippen LogP) is 2.32. The van der Waals surface area contributed by atoms with Crippen LogP contribution in [0.4, 0.5) is 5.69 Å². The highest BCUT2D eigenvalue weighted by Gasteiger charge is 2.28. The zero-order valence-electron chi connectivity index (χ0n) is 14.0. The van der Waals surface area contributed by atoms with E-state index in [9.17, 15) is 13.2 Å². The van der Waals surface area contributed by atoms with Crippen LogP contribution in [0, 0.1) is 0 Å². The van der Waals surface area contributed by atoms with Crippen molar-refractivity contribution in [1.82, 2.24) is 4.72 Å². The molecule has 0 spiro atoms. The monoisotopic (exact) mass is 360 g/mol. The van der Waals surface area contributed by atoms with Gasteiger partial charge in [0, 0.05) is 18.2 Å². The Hall–Kier alpha value is -2.38. The molecule has 132 valence electrons. The smallest absolute Gasteiger partial charge is 0.265 e. The number of amides is 1. The van der Waals surface area contributed by atoms with Gasteiger partial charge in [0.15, 0.2) is 6.10 Å². The van der Waals surface area contributed by atoms with Gasteiger partial charge >= 0.3 is 0 Å². The first-order valence-corrected chi connectivity index (χ1v) is 9.51. The van der Waals surface area contributed by atoms with E-state index in [0.29, 0.717) is 12.1 Å². The molecule has 0 fully saturated rings. The summed E-state index contributed by atoms with van der Waals surface area (Å²) in [5.74, 6) is 0.468. The minimum atomic E-state index is -3.54. The number of sulfonamides is 1. The molecule has 1 heterocycles. The molecular weight excluding hydrogens is 340 g/mol. The molecule has 25 heavy (non-hydrogen) atoms. The molecule has 7 heteroatoms. The first-order valence-electron chi connectivity index (χ1n) is 8.03. The molecule has 0 aromatic heterocycles. The first-order chi connectivity index (χ1) is 11.8. The lowest BCUT2D eigenvalue weighted by Crippen LogP contribution is -2.31. The van der Waals surface area contributed by atoms with Crippen LogP contribution in [0.5, 0.6) is 5.75 Å². The normalized spacial score (nSPS) is 16.4. The van der Waals surface area contributed by atoms with Crippen LogP contribution in [0.1, 0.15) is 19.4 Å². The van der Waals surface area contributed by atoms with Crippen LogP contribution in [0.15, 0.2) is 53.4 Å². The highest BCUT2D eigenvalue weighted by Crippen LogP contribution is 2.28. The second-order valence-electron chi connectivity index (χ2n) is 6.21.